The first-order chi connectivity index (χ1) is 4.47. The lowest BCUT2D eigenvalue weighted by molar-refractivity contribution is 0.759. The van der Waals surface area contributed by atoms with Gasteiger partial charge in [-0.25, -0.2) is 0 Å². The quantitative estimate of drug-likeness (QED) is 0.431. The first-order valence-electron chi connectivity index (χ1n) is 3.81. The molecule has 1 unspecified atom stereocenters. The highest BCUT2D eigenvalue weighted by atomic mass is 14.3. The van der Waals surface area contributed by atoms with E-state index in [2.05, 4.69) is 18.2 Å². The molecular weight excluding hydrogens is 108 g/mol. The maximum absolute atomic E-state index is 2.39. The number of rotatable bonds is 0. The molecule has 0 aromatic carbocycles. The van der Waals surface area contributed by atoms with Crippen LogP contribution in [-0.2, 0) is 0 Å². The predicted molar refractivity (Wildman–Crippen MR) is 39.2 cm³/mol. The fourth-order valence-electron chi connectivity index (χ4n) is 1.49. The zero-order valence-electron chi connectivity index (χ0n) is 5.64. The fourth-order valence-corrected chi connectivity index (χ4v) is 1.49. The van der Waals surface area contributed by atoms with Gasteiger partial charge in [-0.15, -0.1) is 0 Å². The van der Waals surface area contributed by atoms with E-state index in [9.17, 15) is 0 Å². The van der Waals surface area contributed by atoms with Crippen LogP contribution in [0.5, 0.6) is 0 Å². The molecule has 2 aliphatic rings. The molecule has 1 saturated carbocycles. The summed E-state index contributed by atoms with van der Waals surface area (Å²) < 4.78 is 0. The summed E-state index contributed by atoms with van der Waals surface area (Å²) in [6, 6.07) is 0. The monoisotopic (exact) mass is 120 g/mol. The molecule has 0 N–H and O–H groups in total. The Morgan fingerprint density at radius 3 is 3.33 bits per heavy atom. The molecule has 0 bridgehead atoms. The van der Waals surface area contributed by atoms with E-state index < -0.39 is 0 Å². The highest BCUT2D eigenvalue weighted by Crippen LogP contribution is 2.42. The van der Waals surface area contributed by atoms with Gasteiger partial charge < -0.3 is 0 Å². The Morgan fingerprint density at radius 2 is 2.33 bits per heavy atom. The van der Waals surface area contributed by atoms with Gasteiger partial charge in [0, 0.05) is 0 Å². The van der Waals surface area contributed by atoms with Gasteiger partial charge in [-0.1, -0.05) is 23.8 Å². The Morgan fingerprint density at radius 1 is 1.33 bits per heavy atom. The molecule has 0 nitrogen and oxygen atoms in total. The van der Waals surface area contributed by atoms with Crippen LogP contribution in [0.15, 0.2) is 23.8 Å². The Kier molecular flexibility index (Phi) is 1.18. The lowest BCUT2D eigenvalue weighted by Crippen LogP contribution is -1.76. The molecule has 0 aromatic heterocycles. The van der Waals surface area contributed by atoms with Gasteiger partial charge in [-0.3, -0.25) is 0 Å². The van der Waals surface area contributed by atoms with Crippen LogP contribution in [0.2, 0.25) is 0 Å². The van der Waals surface area contributed by atoms with Crippen LogP contribution >= 0.6 is 0 Å². The minimum atomic E-state index is 0.995. The third kappa shape index (κ3) is 1.07. The van der Waals surface area contributed by atoms with Gasteiger partial charge in [0.2, 0.25) is 0 Å². The average molecular weight is 120 g/mol. The SMILES string of the molecule is C1=CCCC2CC2=CC1. The Balaban J connectivity index is 2.05. The van der Waals surface area contributed by atoms with Crippen molar-refractivity contribution in [2.45, 2.75) is 25.7 Å². The summed E-state index contributed by atoms with van der Waals surface area (Å²) >= 11 is 0. The van der Waals surface area contributed by atoms with E-state index in [-0.39, 0.29) is 0 Å². The molecular formula is C9H12. The van der Waals surface area contributed by atoms with Crippen molar-refractivity contribution in [3.63, 3.8) is 0 Å². The van der Waals surface area contributed by atoms with Crippen LogP contribution in [-0.4, -0.2) is 0 Å². The maximum atomic E-state index is 2.39. The third-order valence-corrected chi connectivity index (χ3v) is 2.21. The van der Waals surface area contributed by atoms with E-state index in [4.69, 9.17) is 0 Å². The molecule has 1 fully saturated rings. The van der Waals surface area contributed by atoms with E-state index in [1.807, 2.05) is 0 Å². The summed E-state index contributed by atoms with van der Waals surface area (Å²) in [5.74, 6) is 0.995. The highest BCUT2D eigenvalue weighted by Gasteiger charge is 2.27. The first kappa shape index (κ1) is 5.28. The Hall–Kier alpha value is -0.520. The second-order valence-electron chi connectivity index (χ2n) is 2.96. The van der Waals surface area contributed by atoms with Crippen molar-refractivity contribution in [2.75, 3.05) is 0 Å². The van der Waals surface area contributed by atoms with E-state index in [1.54, 1.807) is 5.57 Å². The van der Waals surface area contributed by atoms with Gasteiger partial charge in [0.05, 0.1) is 0 Å². The standard InChI is InChI=1S/C9H12/c1-2-4-6-9-7-8(9)5-3-1/h1-2,5,9H,3-4,6-7H2. The summed E-state index contributed by atoms with van der Waals surface area (Å²) in [5, 5.41) is 0. The topological polar surface area (TPSA) is 0 Å². The molecule has 0 aliphatic heterocycles. The molecule has 0 amide bonds. The summed E-state index contributed by atoms with van der Waals surface area (Å²) in [6.07, 6.45) is 12.3. The largest absolute Gasteiger partial charge is 0.0882 e. The molecule has 2 rings (SSSR count). The van der Waals surface area contributed by atoms with E-state index in [0.29, 0.717) is 0 Å². The van der Waals surface area contributed by atoms with Gasteiger partial charge in [0.25, 0.3) is 0 Å². The second-order valence-corrected chi connectivity index (χ2v) is 2.96. The summed E-state index contributed by atoms with van der Waals surface area (Å²) in [7, 11) is 0. The Labute approximate surface area is 56.3 Å². The van der Waals surface area contributed by atoms with E-state index in [1.165, 1.54) is 25.7 Å². The number of hydrogen-bond donors (Lipinski definition) is 0. The molecule has 48 valence electrons. The lowest BCUT2D eigenvalue weighted by Gasteiger charge is -1.92. The molecule has 0 aromatic rings. The fraction of sp³-hybridized carbons (Fsp3) is 0.556. The summed E-state index contributed by atoms with van der Waals surface area (Å²) in [6.45, 7) is 0. The second kappa shape index (κ2) is 2.02. The van der Waals surface area contributed by atoms with Crippen LogP contribution < -0.4 is 0 Å². The zero-order chi connectivity index (χ0) is 6.10. The molecule has 0 radical (unpaired) electrons. The van der Waals surface area contributed by atoms with E-state index in [0.717, 1.165) is 5.92 Å². The average Bonchev–Trinajstić information content (AvgIpc) is 2.46. The van der Waals surface area contributed by atoms with Gasteiger partial charge in [-0.2, -0.15) is 0 Å². The number of fused-ring (bicyclic) bond motifs is 1. The minimum Gasteiger partial charge on any atom is -0.0882 e. The number of allylic oxidation sites excluding steroid dienone is 4. The molecule has 0 heterocycles. The zero-order valence-corrected chi connectivity index (χ0v) is 5.64. The van der Waals surface area contributed by atoms with Crippen molar-refractivity contribution in [3.8, 4) is 0 Å². The lowest BCUT2D eigenvalue weighted by atomic mass is 10.1. The van der Waals surface area contributed by atoms with Crippen molar-refractivity contribution in [3.05, 3.63) is 23.8 Å². The number of hydrogen-bond acceptors (Lipinski definition) is 0. The maximum Gasteiger partial charge on any atom is -0.0163 e. The van der Waals surface area contributed by atoms with Crippen molar-refractivity contribution >= 4 is 0 Å². The van der Waals surface area contributed by atoms with Gasteiger partial charge >= 0.3 is 0 Å². The smallest absolute Gasteiger partial charge is 0.0163 e. The molecule has 2 aliphatic carbocycles. The molecule has 9 heavy (non-hydrogen) atoms. The van der Waals surface area contributed by atoms with Crippen LogP contribution in [0.4, 0.5) is 0 Å². The molecule has 0 saturated heterocycles. The minimum absolute atomic E-state index is 0.995. The van der Waals surface area contributed by atoms with Crippen molar-refractivity contribution < 1.29 is 0 Å². The van der Waals surface area contributed by atoms with Gasteiger partial charge in [0.1, 0.15) is 0 Å². The van der Waals surface area contributed by atoms with Crippen LogP contribution in [0.25, 0.3) is 0 Å². The normalized spacial score (nSPS) is 32.0. The highest BCUT2D eigenvalue weighted by molar-refractivity contribution is 5.25. The summed E-state index contributed by atoms with van der Waals surface area (Å²) in [4.78, 5) is 0. The van der Waals surface area contributed by atoms with Crippen molar-refractivity contribution in [1.82, 2.24) is 0 Å². The van der Waals surface area contributed by atoms with Crippen molar-refractivity contribution in [1.29, 1.82) is 0 Å². The first-order valence-corrected chi connectivity index (χ1v) is 3.81. The van der Waals surface area contributed by atoms with Crippen LogP contribution in [0.3, 0.4) is 0 Å². The van der Waals surface area contributed by atoms with Crippen molar-refractivity contribution in [2.24, 2.45) is 5.92 Å². The molecule has 0 heteroatoms. The van der Waals surface area contributed by atoms with Gasteiger partial charge in [0.15, 0.2) is 0 Å². The van der Waals surface area contributed by atoms with Crippen LogP contribution in [0, 0.1) is 5.92 Å². The summed E-state index contributed by atoms with van der Waals surface area (Å²) in [5.41, 5.74) is 1.72. The predicted octanol–water partition coefficient (Wildman–Crippen LogP) is 2.67. The third-order valence-electron chi connectivity index (χ3n) is 2.21. The van der Waals surface area contributed by atoms with Gasteiger partial charge in [-0.05, 0) is 31.6 Å². The molecule has 0 spiro atoms. The Bertz CT molecular complexity index is 163. The van der Waals surface area contributed by atoms with Crippen LogP contribution in [0.1, 0.15) is 25.7 Å². The molecule has 1 atom stereocenters. The van der Waals surface area contributed by atoms with E-state index >= 15 is 0 Å².